The number of carbonyl (C=O) groups is 2. The van der Waals surface area contributed by atoms with Crippen molar-refractivity contribution in [1.29, 1.82) is 0 Å². The molecule has 0 spiro atoms. The summed E-state index contributed by atoms with van der Waals surface area (Å²) in [6, 6.07) is 6.15. The maximum atomic E-state index is 12.5. The van der Waals surface area contributed by atoms with E-state index in [9.17, 15) is 22.8 Å². The van der Waals surface area contributed by atoms with Gasteiger partial charge in [-0.05, 0) is 12.0 Å². The predicted octanol–water partition coefficient (Wildman–Crippen LogP) is 3.09. The third-order valence-corrected chi connectivity index (χ3v) is 3.54. The minimum absolute atomic E-state index is 0.0319. The van der Waals surface area contributed by atoms with Crippen molar-refractivity contribution in [3.8, 4) is 23.7 Å². The van der Waals surface area contributed by atoms with Crippen molar-refractivity contribution >= 4 is 11.7 Å². The molecule has 0 unspecified atom stereocenters. The summed E-state index contributed by atoms with van der Waals surface area (Å²) in [6.45, 7) is 1.85. The highest BCUT2D eigenvalue weighted by molar-refractivity contribution is 6.36. The molecule has 0 aliphatic rings. The molecule has 2 rings (SSSR count). The Kier molecular flexibility index (Phi) is 6.34. The lowest BCUT2D eigenvalue weighted by Gasteiger charge is -2.19. The molecule has 142 valence electrons. The quantitative estimate of drug-likeness (QED) is 0.546. The first-order valence-electron chi connectivity index (χ1n) is 8.02. The number of ketones is 1. The fourth-order valence-electron chi connectivity index (χ4n) is 2.26. The Morgan fingerprint density at radius 3 is 2.44 bits per heavy atom. The summed E-state index contributed by atoms with van der Waals surface area (Å²) in [5.41, 5.74) is 0.959. The molecule has 0 saturated carbocycles. The molecule has 0 radical (unpaired) electrons. The van der Waals surface area contributed by atoms with Crippen molar-refractivity contribution < 1.29 is 27.3 Å². The van der Waals surface area contributed by atoms with Gasteiger partial charge in [0.2, 0.25) is 11.6 Å². The van der Waals surface area contributed by atoms with E-state index in [1.54, 1.807) is 19.1 Å². The van der Waals surface area contributed by atoms with Crippen LogP contribution in [0.5, 0.6) is 0 Å². The van der Waals surface area contributed by atoms with Gasteiger partial charge >= 0.3 is 12.1 Å². The Hall–Kier alpha value is -3.15. The molecule has 0 saturated heterocycles. The number of terminal acetylenes is 1. The number of benzene rings is 1. The van der Waals surface area contributed by atoms with Crippen molar-refractivity contribution in [2.24, 2.45) is 0 Å². The van der Waals surface area contributed by atoms with Gasteiger partial charge in [0, 0.05) is 18.5 Å². The van der Waals surface area contributed by atoms with E-state index in [2.05, 4.69) is 20.6 Å². The number of halogens is 3. The molecule has 0 bridgehead atoms. The van der Waals surface area contributed by atoms with Gasteiger partial charge in [-0.2, -0.15) is 18.2 Å². The van der Waals surface area contributed by atoms with Gasteiger partial charge in [0.1, 0.15) is 0 Å². The number of aromatic nitrogens is 2. The zero-order valence-electron chi connectivity index (χ0n) is 14.4. The van der Waals surface area contributed by atoms with Crippen molar-refractivity contribution in [1.82, 2.24) is 15.0 Å². The lowest BCUT2D eigenvalue weighted by atomic mass is 10.1. The van der Waals surface area contributed by atoms with Gasteiger partial charge in [-0.15, -0.1) is 6.42 Å². The van der Waals surface area contributed by atoms with Crippen LogP contribution in [0.15, 0.2) is 28.8 Å². The number of hydrogen-bond acceptors (Lipinski definition) is 5. The van der Waals surface area contributed by atoms with Crippen LogP contribution in [0.2, 0.25) is 0 Å². The van der Waals surface area contributed by atoms with Gasteiger partial charge in [0.05, 0.1) is 6.54 Å². The SMILES string of the molecule is C#CCN(Cc1ccc(-c2noc(C(F)(F)F)n2)cc1)C(=O)C(=O)CCC. The molecule has 27 heavy (non-hydrogen) atoms. The van der Waals surface area contributed by atoms with Crippen molar-refractivity contribution in [3.63, 3.8) is 0 Å². The van der Waals surface area contributed by atoms with E-state index in [1.807, 2.05) is 0 Å². The monoisotopic (exact) mass is 379 g/mol. The Morgan fingerprint density at radius 2 is 1.93 bits per heavy atom. The maximum Gasteiger partial charge on any atom is 0.471 e. The summed E-state index contributed by atoms with van der Waals surface area (Å²) < 4.78 is 41.7. The molecular formula is C18H16F3N3O3. The lowest BCUT2D eigenvalue weighted by Crippen LogP contribution is -2.36. The van der Waals surface area contributed by atoms with Gasteiger partial charge in [-0.1, -0.05) is 42.3 Å². The van der Waals surface area contributed by atoms with Crippen LogP contribution < -0.4 is 0 Å². The highest BCUT2D eigenvalue weighted by atomic mass is 19.4. The fourth-order valence-corrected chi connectivity index (χ4v) is 2.26. The molecule has 0 aliphatic carbocycles. The summed E-state index contributed by atoms with van der Waals surface area (Å²) in [5.74, 6) is -0.478. The van der Waals surface area contributed by atoms with Crippen molar-refractivity contribution in [3.05, 3.63) is 35.7 Å². The molecule has 1 aromatic carbocycles. The first kappa shape index (κ1) is 20.2. The first-order chi connectivity index (χ1) is 12.8. The van der Waals surface area contributed by atoms with Crippen LogP contribution in [0.1, 0.15) is 31.2 Å². The molecule has 6 nitrogen and oxygen atoms in total. The predicted molar refractivity (Wildman–Crippen MR) is 88.9 cm³/mol. The van der Waals surface area contributed by atoms with Gasteiger partial charge in [-0.3, -0.25) is 9.59 Å². The molecule has 1 heterocycles. The van der Waals surface area contributed by atoms with Crippen LogP contribution in [-0.2, 0) is 22.3 Å². The highest BCUT2D eigenvalue weighted by Gasteiger charge is 2.38. The third kappa shape index (κ3) is 5.17. The van der Waals surface area contributed by atoms with Gasteiger partial charge in [0.15, 0.2) is 0 Å². The van der Waals surface area contributed by atoms with Crippen LogP contribution in [0.25, 0.3) is 11.4 Å². The van der Waals surface area contributed by atoms with E-state index < -0.39 is 23.8 Å². The summed E-state index contributed by atoms with van der Waals surface area (Å²) >= 11 is 0. The van der Waals surface area contributed by atoms with E-state index in [0.29, 0.717) is 17.5 Å². The second-order valence-electron chi connectivity index (χ2n) is 5.66. The number of nitrogens with zero attached hydrogens (tertiary/aromatic N) is 3. The number of alkyl halides is 3. The van der Waals surface area contributed by atoms with Gasteiger partial charge < -0.3 is 9.42 Å². The van der Waals surface area contributed by atoms with E-state index in [4.69, 9.17) is 6.42 Å². The lowest BCUT2D eigenvalue weighted by molar-refractivity contribution is -0.159. The summed E-state index contributed by atoms with van der Waals surface area (Å²) in [7, 11) is 0. The number of amides is 1. The Morgan fingerprint density at radius 1 is 1.26 bits per heavy atom. The van der Waals surface area contributed by atoms with Crippen LogP contribution in [-0.4, -0.2) is 33.3 Å². The second kappa shape index (κ2) is 8.49. The maximum absolute atomic E-state index is 12.5. The van der Waals surface area contributed by atoms with E-state index >= 15 is 0 Å². The fraction of sp³-hybridized carbons (Fsp3) is 0.333. The number of hydrogen-bond donors (Lipinski definition) is 0. The average Bonchev–Trinajstić information content (AvgIpc) is 3.12. The Labute approximate surface area is 153 Å². The van der Waals surface area contributed by atoms with Crippen molar-refractivity contribution in [2.75, 3.05) is 6.54 Å². The van der Waals surface area contributed by atoms with E-state index in [0.717, 1.165) is 0 Å². The zero-order valence-corrected chi connectivity index (χ0v) is 14.4. The summed E-state index contributed by atoms with van der Waals surface area (Å²) in [5, 5.41) is 3.30. The molecule has 1 aromatic heterocycles. The molecule has 2 aromatic rings. The Balaban J connectivity index is 2.13. The normalized spacial score (nSPS) is 11.1. The van der Waals surface area contributed by atoms with Crippen molar-refractivity contribution in [2.45, 2.75) is 32.5 Å². The highest BCUT2D eigenvalue weighted by Crippen LogP contribution is 2.29. The van der Waals surface area contributed by atoms with Gasteiger partial charge in [-0.25, -0.2) is 0 Å². The van der Waals surface area contributed by atoms with Crippen LogP contribution in [0.3, 0.4) is 0 Å². The first-order valence-corrected chi connectivity index (χ1v) is 8.02. The third-order valence-electron chi connectivity index (χ3n) is 3.54. The molecular weight excluding hydrogens is 363 g/mol. The Bertz CT molecular complexity index is 851. The zero-order chi connectivity index (χ0) is 20.0. The summed E-state index contributed by atoms with van der Waals surface area (Å²) in [6.07, 6.45) is 1.23. The average molecular weight is 379 g/mol. The standard InChI is InChI=1S/C18H16F3N3O3/c1-3-5-14(25)16(26)24(10-4-2)11-12-6-8-13(9-7-12)15-22-17(27-23-15)18(19,20)21/h2,6-9H,3,5,10-11H2,1H3. The van der Waals surface area contributed by atoms with Crippen LogP contribution >= 0.6 is 0 Å². The number of carbonyl (C=O) groups excluding carboxylic acids is 2. The second-order valence-corrected chi connectivity index (χ2v) is 5.66. The smallest absolute Gasteiger partial charge is 0.329 e. The largest absolute Gasteiger partial charge is 0.471 e. The molecule has 0 atom stereocenters. The molecule has 0 aliphatic heterocycles. The van der Waals surface area contributed by atoms with E-state index in [-0.39, 0.29) is 25.3 Å². The van der Waals surface area contributed by atoms with Crippen LogP contribution in [0.4, 0.5) is 13.2 Å². The summed E-state index contributed by atoms with van der Waals surface area (Å²) in [4.78, 5) is 28.5. The minimum atomic E-state index is -4.72. The van der Waals surface area contributed by atoms with Gasteiger partial charge in [0.25, 0.3) is 5.91 Å². The molecule has 9 heteroatoms. The molecule has 0 fully saturated rings. The minimum Gasteiger partial charge on any atom is -0.329 e. The van der Waals surface area contributed by atoms with Crippen LogP contribution in [0, 0.1) is 12.3 Å². The number of rotatable bonds is 7. The molecule has 0 N–H and O–H groups in total. The molecule has 1 amide bonds. The number of Topliss-reactive ketones (excluding diaryl/α,β-unsaturated/α-hetero) is 1. The van der Waals surface area contributed by atoms with E-state index in [1.165, 1.54) is 17.0 Å². The topological polar surface area (TPSA) is 76.3 Å².